The largest absolute Gasteiger partial charge is 0.490 e. The van der Waals surface area contributed by atoms with Crippen LogP contribution in [0.15, 0.2) is 18.2 Å². The van der Waals surface area contributed by atoms with Crippen LogP contribution in [0.2, 0.25) is 0 Å². The summed E-state index contributed by atoms with van der Waals surface area (Å²) in [5, 5.41) is 0. The van der Waals surface area contributed by atoms with Gasteiger partial charge in [0.25, 0.3) is 0 Å². The Labute approximate surface area is 169 Å². The minimum atomic E-state index is -3.48. The Balaban J connectivity index is 1.96. The molecule has 1 atom stereocenters. The second-order valence-corrected chi connectivity index (χ2v) is 8.50. The Morgan fingerprint density at radius 2 is 1.97 bits per heavy atom. The fourth-order valence-electron chi connectivity index (χ4n) is 2.92. The van der Waals surface area contributed by atoms with E-state index < -0.39 is 19.5 Å². The molecule has 2 rings (SSSR count). The molecule has 0 saturated carbocycles. The van der Waals surface area contributed by atoms with Gasteiger partial charge in [0.15, 0.2) is 5.78 Å². The average molecular weight is 431 g/mol. The van der Waals surface area contributed by atoms with Gasteiger partial charge in [-0.05, 0) is 39.0 Å². The molecule has 162 valence electrons. The molecule has 1 unspecified atom stereocenters. The summed E-state index contributed by atoms with van der Waals surface area (Å²) in [6.07, 6.45) is -0.787. The third-order valence-electron chi connectivity index (χ3n) is 4.22. The quantitative estimate of drug-likeness (QED) is 0.416. The third kappa shape index (κ3) is 6.89. The van der Waals surface area contributed by atoms with Crippen molar-refractivity contribution in [3.63, 3.8) is 0 Å². The first kappa shape index (κ1) is 23.5. The second kappa shape index (κ2) is 10.8. The van der Waals surface area contributed by atoms with Crippen LogP contribution >= 0.6 is 7.60 Å². The van der Waals surface area contributed by atoms with Crippen molar-refractivity contribution in [3.8, 4) is 5.75 Å². The molecular weight excluding hydrogens is 404 g/mol. The van der Waals surface area contributed by atoms with E-state index in [9.17, 15) is 18.5 Å². The molecule has 0 N–H and O–H groups in total. The zero-order valence-electron chi connectivity index (χ0n) is 16.9. The Morgan fingerprint density at radius 1 is 1.28 bits per heavy atom. The molecule has 10 heteroatoms. The topological polar surface area (TPSA) is 91.4 Å². The van der Waals surface area contributed by atoms with Crippen LogP contribution in [0.25, 0.3) is 0 Å². The van der Waals surface area contributed by atoms with Crippen LogP contribution in [0.4, 0.5) is 4.39 Å². The third-order valence-corrected chi connectivity index (χ3v) is 6.18. The van der Waals surface area contributed by atoms with E-state index in [0.717, 1.165) is 6.07 Å². The highest BCUT2D eigenvalue weighted by molar-refractivity contribution is 7.54. The van der Waals surface area contributed by atoms with Crippen molar-refractivity contribution >= 4 is 19.3 Å². The van der Waals surface area contributed by atoms with Gasteiger partial charge in [-0.15, -0.1) is 0 Å². The van der Waals surface area contributed by atoms with Crippen LogP contribution in [-0.4, -0.2) is 68.4 Å². The van der Waals surface area contributed by atoms with Gasteiger partial charge < -0.3 is 23.4 Å². The molecule has 1 saturated heterocycles. The number of rotatable bonds is 10. The van der Waals surface area contributed by atoms with Crippen LogP contribution in [0.3, 0.4) is 0 Å². The maximum absolute atomic E-state index is 13.4. The van der Waals surface area contributed by atoms with E-state index in [2.05, 4.69) is 0 Å². The first-order valence-corrected chi connectivity index (χ1v) is 11.2. The van der Waals surface area contributed by atoms with Crippen molar-refractivity contribution < 1.29 is 37.1 Å². The van der Waals surface area contributed by atoms with Crippen LogP contribution in [-0.2, 0) is 23.1 Å². The molecule has 1 fully saturated rings. The lowest BCUT2D eigenvalue weighted by atomic mass is 10.1. The zero-order valence-corrected chi connectivity index (χ0v) is 17.8. The second-order valence-electron chi connectivity index (χ2n) is 6.44. The van der Waals surface area contributed by atoms with Gasteiger partial charge in [-0.1, -0.05) is 0 Å². The molecule has 0 aromatic heterocycles. The molecule has 1 aromatic rings. The van der Waals surface area contributed by atoms with Gasteiger partial charge in [0.05, 0.1) is 31.9 Å². The predicted molar refractivity (Wildman–Crippen MR) is 104 cm³/mol. The van der Waals surface area contributed by atoms with Crippen molar-refractivity contribution in [2.45, 2.75) is 26.9 Å². The number of carbonyl (C=O) groups excluding carboxylic acids is 2. The normalized spacial score (nSPS) is 17.2. The number of hydrogen-bond donors (Lipinski definition) is 0. The number of Topliss-reactive ketones (excluding diaryl/α,β-unsaturated/α-hetero) is 1. The summed E-state index contributed by atoms with van der Waals surface area (Å²) >= 11 is 0. The van der Waals surface area contributed by atoms with Crippen molar-refractivity contribution in [2.75, 3.05) is 45.7 Å². The number of ether oxygens (including phenoxy) is 2. The first-order valence-electron chi connectivity index (χ1n) is 9.48. The summed E-state index contributed by atoms with van der Waals surface area (Å²) in [6, 6.07) is 3.71. The van der Waals surface area contributed by atoms with Gasteiger partial charge in [0.1, 0.15) is 30.4 Å². The SMILES string of the molecule is CCOP(=O)(CC(=O)N1CCOC(COc2ccc(F)cc2C(C)=O)C1)OCC. The summed E-state index contributed by atoms with van der Waals surface area (Å²) in [5.74, 6) is -0.942. The number of benzene rings is 1. The first-order chi connectivity index (χ1) is 13.8. The van der Waals surface area contributed by atoms with Crippen molar-refractivity contribution in [1.82, 2.24) is 4.90 Å². The highest BCUT2D eigenvalue weighted by Gasteiger charge is 2.33. The van der Waals surface area contributed by atoms with Crippen LogP contribution < -0.4 is 4.74 Å². The van der Waals surface area contributed by atoms with Crippen molar-refractivity contribution in [1.29, 1.82) is 0 Å². The molecule has 0 bridgehead atoms. The molecule has 0 radical (unpaired) electrons. The van der Waals surface area contributed by atoms with Gasteiger partial charge >= 0.3 is 7.60 Å². The van der Waals surface area contributed by atoms with Gasteiger partial charge in [-0.25, -0.2) is 4.39 Å². The molecule has 29 heavy (non-hydrogen) atoms. The Hall–Kier alpha value is -1.80. The van der Waals surface area contributed by atoms with Crippen LogP contribution in [0.1, 0.15) is 31.1 Å². The summed E-state index contributed by atoms with van der Waals surface area (Å²) in [4.78, 5) is 25.8. The number of carbonyl (C=O) groups is 2. The standard InChI is InChI=1S/C19H27FNO7P/c1-4-27-29(24,28-5-2)13-19(23)21-8-9-25-16(11-21)12-26-18-7-6-15(20)10-17(18)14(3)22/h6-7,10,16H,4-5,8-9,11-13H2,1-3H3. The maximum Gasteiger partial charge on any atom is 0.340 e. The molecule has 1 aliphatic rings. The van der Waals surface area contributed by atoms with Gasteiger partial charge in [-0.3, -0.25) is 14.2 Å². The lowest BCUT2D eigenvalue weighted by Gasteiger charge is -2.33. The monoisotopic (exact) mass is 431 g/mol. The van der Waals surface area contributed by atoms with E-state index >= 15 is 0 Å². The number of halogens is 1. The number of ketones is 1. The Bertz CT molecular complexity index is 763. The van der Waals surface area contributed by atoms with E-state index in [0.29, 0.717) is 6.54 Å². The average Bonchev–Trinajstić information content (AvgIpc) is 2.67. The number of nitrogens with zero attached hydrogens (tertiary/aromatic N) is 1. The van der Waals surface area contributed by atoms with Gasteiger partial charge in [0.2, 0.25) is 5.91 Å². The molecule has 0 spiro atoms. The summed E-state index contributed by atoms with van der Waals surface area (Å²) in [7, 11) is -3.48. The maximum atomic E-state index is 13.4. The van der Waals surface area contributed by atoms with E-state index in [1.807, 2.05) is 0 Å². The minimum Gasteiger partial charge on any atom is -0.490 e. The number of amides is 1. The molecule has 1 aromatic carbocycles. The fraction of sp³-hybridized carbons (Fsp3) is 0.579. The van der Waals surface area contributed by atoms with Crippen molar-refractivity contribution in [2.24, 2.45) is 0 Å². The summed E-state index contributed by atoms with van der Waals surface area (Å²) in [5.41, 5.74) is 0.142. The molecular formula is C19H27FNO7P. The highest BCUT2D eigenvalue weighted by atomic mass is 31.2. The fourth-order valence-corrected chi connectivity index (χ4v) is 4.50. The smallest absolute Gasteiger partial charge is 0.340 e. The highest BCUT2D eigenvalue weighted by Crippen LogP contribution is 2.48. The Kier molecular flexibility index (Phi) is 8.77. The van der Waals surface area contributed by atoms with Gasteiger partial charge in [-0.2, -0.15) is 0 Å². The summed E-state index contributed by atoms with van der Waals surface area (Å²) < 4.78 is 47.6. The number of hydrogen-bond acceptors (Lipinski definition) is 7. The minimum absolute atomic E-state index is 0.0737. The lowest BCUT2D eigenvalue weighted by Crippen LogP contribution is -2.48. The zero-order chi connectivity index (χ0) is 21.4. The lowest BCUT2D eigenvalue weighted by molar-refractivity contribution is -0.137. The van der Waals surface area contributed by atoms with Gasteiger partial charge in [0, 0.05) is 6.54 Å². The summed E-state index contributed by atoms with van der Waals surface area (Å²) in [6.45, 7) is 6.00. The van der Waals surface area contributed by atoms with E-state index in [-0.39, 0.29) is 62.1 Å². The molecule has 1 heterocycles. The molecule has 8 nitrogen and oxygen atoms in total. The van der Waals surface area contributed by atoms with E-state index in [1.165, 1.54) is 24.0 Å². The Morgan fingerprint density at radius 3 is 2.59 bits per heavy atom. The van der Waals surface area contributed by atoms with Crippen molar-refractivity contribution in [3.05, 3.63) is 29.6 Å². The predicted octanol–water partition coefficient (Wildman–Crippen LogP) is 2.90. The molecule has 1 amide bonds. The molecule has 1 aliphatic heterocycles. The van der Waals surface area contributed by atoms with Crippen LogP contribution in [0.5, 0.6) is 5.75 Å². The van der Waals surface area contributed by atoms with E-state index in [1.54, 1.807) is 13.8 Å². The molecule has 0 aliphatic carbocycles. The number of morpholine rings is 1. The van der Waals surface area contributed by atoms with Crippen LogP contribution in [0, 0.1) is 5.82 Å². The van der Waals surface area contributed by atoms with E-state index in [4.69, 9.17) is 18.5 Å².